The van der Waals surface area contributed by atoms with E-state index in [9.17, 15) is 14.9 Å². The van der Waals surface area contributed by atoms with Crippen molar-refractivity contribution in [3.05, 3.63) is 33.9 Å². The molecule has 1 aromatic carbocycles. The van der Waals surface area contributed by atoms with Crippen LogP contribution >= 0.6 is 0 Å². The lowest BCUT2D eigenvalue weighted by atomic mass is 10.1. The van der Waals surface area contributed by atoms with E-state index in [2.05, 4.69) is 5.32 Å². The van der Waals surface area contributed by atoms with Gasteiger partial charge in [0, 0.05) is 0 Å². The van der Waals surface area contributed by atoms with Gasteiger partial charge in [0.2, 0.25) is 5.91 Å². The van der Waals surface area contributed by atoms with Crippen LogP contribution in [-0.4, -0.2) is 17.4 Å². The number of hydrogen-bond donors (Lipinski definition) is 2. The molecule has 0 spiro atoms. The number of carbonyl (C=O) groups excluding carboxylic acids is 1. The standard InChI is InChI=1S/C9H8N4O3/c10-4-6-2-1-3-7(9(6)13(15)16)12-5-8(11)14/h1-3,12H,5H2,(H2,11,14). The van der Waals surface area contributed by atoms with Gasteiger partial charge in [0.1, 0.15) is 17.3 Å². The summed E-state index contributed by atoms with van der Waals surface area (Å²) in [6, 6.07) is 5.92. The van der Waals surface area contributed by atoms with Crippen LogP contribution in [0.3, 0.4) is 0 Å². The smallest absolute Gasteiger partial charge is 0.309 e. The van der Waals surface area contributed by atoms with Crippen molar-refractivity contribution in [3.8, 4) is 6.07 Å². The molecule has 7 heteroatoms. The molecule has 0 heterocycles. The van der Waals surface area contributed by atoms with Gasteiger partial charge < -0.3 is 11.1 Å². The molecule has 1 amide bonds. The summed E-state index contributed by atoms with van der Waals surface area (Å²) in [5, 5.41) is 21.9. The van der Waals surface area contributed by atoms with Gasteiger partial charge in [0.25, 0.3) is 0 Å². The van der Waals surface area contributed by atoms with E-state index in [4.69, 9.17) is 11.0 Å². The topological polar surface area (TPSA) is 122 Å². The molecule has 0 saturated carbocycles. The zero-order valence-corrected chi connectivity index (χ0v) is 8.14. The van der Waals surface area contributed by atoms with Gasteiger partial charge in [-0.05, 0) is 12.1 Å². The number of benzene rings is 1. The molecular weight excluding hydrogens is 212 g/mol. The SMILES string of the molecule is N#Cc1cccc(NCC(N)=O)c1[N+](=O)[O-]. The molecule has 0 saturated heterocycles. The fourth-order valence-electron chi connectivity index (χ4n) is 1.16. The second-order valence-electron chi connectivity index (χ2n) is 2.89. The molecule has 16 heavy (non-hydrogen) atoms. The maximum Gasteiger partial charge on any atom is 0.309 e. The molecule has 0 bridgehead atoms. The van der Waals surface area contributed by atoms with Crippen molar-refractivity contribution in [2.45, 2.75) is 0 Å². The summed E-state index contributed by atoms with van der Waals surface area (Å²) in [5.74, 6) is -0.642. The first kappa shape index (κ1) is 11.5. The Labute approximate surface area is 90.6 Å². The van der Waals surface area contributed by atoms with Crippen LogP contribution in [0.5, 0.6) is 0 Å². The normalized spacial score (nSPS) is 9.19. The van der Waals surface area contributed by atoms with E-state index in [-0.39, 0.29) is 23.5 Å². The zero-order chi connectivity index (χ0) is 12.1. The molecule has 1 rings (SSSR count). The predicted octanol–water partition coefficient (Wildman–Crippen LogP) is 0.364. The third-order valence-corrected chi connectivity index (χ3v) is 1.79. The first-order valence-electron chi connectivity index (χ1n) is 4.26. The average molecular weight is 220 g/mol. The highest BCUT2D eigenvalue weighted by Crippen LogP contribution is 2.27. The van der Waals surface area contributed by atoms with Gasteiger partial charge in [0.05, 0.1) is 11.5 Å². The Morgan fingerprint density at radius 2 is 2.31 bits per heavy atom. The molecule has 0 fully saturated rings. The molecule has 0 aliphatic rings. The average Bonchev–Trinajstić information content (AvgIpc) is 2.25. The Bertz CT molecular complexity index is 478. The maximum atomic E-state index is 10.7. The summed E-state index contributed by atoms with van der Waals surface area (Å²) in [6.45, 7) is -0.226. The lowest BCUT2D eigenvalue weighted by Gasteiger charge is -2.05. The maximum absolute atomic E-state index is 10.7. The molecule has 0 aliphatic heterocycles. The molecule has 7 nitrogen and oxygen atoms in total. The van der Waals surface area contributed by atoms with E-state index >= 15 is 0 Å². The number of anilines is 1. The summed E-state index contributed by atoms with van der Waals surface area (Å²) >= 11 is 0. The van der Waals surface area contributed by atoms with Crippen molar-refractivity contribution in [1.82, 2.24) is 0 Å². The van der Waals surface area contributed by atoms with E-state index < -0.39 is 10.8 Å². The van der Waals surface area contributed by atoms with Crippen LogP contribution in [0.1, 0.15) is 5.56 Å². The number of nitro benzene ring substituents is 1. The summed E-state index contributed by atoms with van der Waals surface area (Å²) in [7, 11) is 0. The van der Waals surface area contributed by atoms with Gasteiger partial charge in [-0.15, -0.1) is 0 Å². The lowest BCUT2D eigenvalue weighted by molar-refractivity contribution is -0.384. The van der Waals surface area contributed by atoms with E-state index in [0.717, 1.165) is 0 Å². The summed E-state index contributed by atoms with van der Waals surface area (Å²) in [4.78, 5) is 20.6. The van der Waals surface area contributed by atoms with Gasteiger partial charge in [-0.1, -0.05) is 6.07 Å². The van der Waals surface area contributed by atoms with E-state index in [1.807, 2.05) is 0 Å². The number of carbonyl (C=O) groups is 1. The molecule has 0 aromatic heterocycles. The highest BCUT2D eigenvalue weighted by molar-refractivity contribution is 5.80. The van der Waals surface area contributed by atoms with Gasteiger partial charge in [-0.2, -0.15) is 5.26 Å². The highest BCUT2D eigenvalue weighted by atomic mass is 16.6. The summed E-state index contributed by atoms with van der Waals surface area (Å²) in [6.07, 6.45) is 0. The third kappa shape index (κ3) is 2.45. The molecule has 82 valence electrons. The van der Waals surface area contributed by atoms with Crippen molar-refractivity contribution >= 4 is 17.3 Å². The van der Waals surface area contributed by atoms with Crippen molar-refractivity contribution in [1.29, 1.82) is 5.26 Å². The van der Waals surface area contributed by atoms with Crippen LogP contribution in [0.2, 0.25) is 0 Å². The molecule has 0 aliphatic carbocycles. The Balaban J connectivity index is 3.13. The first-order chi connectivity index (χ1) is 7.56. The number of para-hydroxylation sites is 1. The number of hydrogen-bond acceptors (Lipinski definition) is 5. The van der Waals surface area contributed by atoms with Gasteiger partial charge in [0.15, 0.2) is 0 Å². The largest absolute Gasteiger partial charge is 0.371 e. The number of rotatable bonds is 4. The monoisotopic (exact) mass is 220 g/mol. The second-order valence-corrected chi connectivity index (χ2v) is 2.89. The van der Waals surface area contributed by atoms with Crippen molar-refractivity contribution < 1.29 is 9.72 Å². The Hall–Kier alpha value is -2.62. The minimum atomic E-state index is -0.679. The second kappa shape index (κ2) is 4.75. The molecule has 0 unspecified atom stereocenters. The summed E-state index contributed by atoms with van der Waals surface area (Å²) in [5.41, 5.74) is 4.58. The number of nitrogens with one attached hydrogen (secondary N) is 1. The Morgan fingerprint density at radius 3 is 2.81 bits per heavy atom. The number of primary amides is 1. The first-order valence-corrected chi connectivity index (χ1v) is 4.26. The number of nitro groups is 1. The molecular formula is C9H8N4O3. The van der Waals surface area contributed by atoms with Crippen LogP contribution in [0.4, 0.5) is 11.4 Å². The fourth-order valence-corrected chi connectivity index (χ4v) is 1.16. The fraction of sp³-hybridized carbons (Fsp3) is 0.111. The zero-order valence-electron chi connectivity index (χ0n) is 8.14. The van der Waals surface area contributed by atoms with Crippen LogP contribution < -0.4 is 11.1 Å². The van der Waals surface area contributed by atoms with Crippen LogP contribution in [0.15, 0.2) is 18.2 Å². The molecule has 1 aromatic rings. The quantitative estimate of drug-likeness (QED) is 0.560. The highest BCUT2D eigenvalue weighted by Gasteiger charge is 2.19. The number of nitrogens with zero attached hydrogens (tertiary/aromatic N) is 2. The molecule has 3 N–H and O–H groups in total. The van der Waals surface area contributed by atoms with Gasteiger partial charge >= 0.3 is 5.69 Å². The van der Waals surface area contributed by atoms with E-state index in [0.29, 0.717) is 0 Å². The Morgan fingerprint density at radius 1 is 1.62 bits per heavy atom. The van der Waals surface area contributed by atoms with E-state index in [1.54, 1.807) is 6.07 Å². The molecule has 0 radical (unpaired) electrons. The predicted molar refractivity (Wildman–Crippen MR) is 55.5 cm³/mol. The number of nitrogens with two attached hydrogens (primary N) is 1. The minimum absolute atomic E-state index is 0.0699. The van der Waals surface area contributed by atoms with Crippen molar-refractivity contribution in [2.75, 3.05) is 11.9 Å². The lowest BCUT2D eigenvalue weighted by Crippen LogP contribution is -2.22. The molecule has 0 atom stereocenters. The number of amides is 1. The summed E-state index contributed by atoms with van der Waals surface area (Å²) < 4.78 is 0. The Kier molecular flexibility index (Phi) is 3.40. The van der Waals surface area contributed by atoms with Gasteiger partial charge in [-0.25, -0.2) is 0 Å². The van der Waals surface area contributed by atoms with Crippen LogP contribution in [0, 0.1) is 21.4 Å². The minimum Gasteiger partial charge on any atom is -0.371 e. The van der Waals surface area contributed by atoms with Gasteiger partial charge in [-0.3, -0.25) is 14.9 Å². The van der Waals surface area contributed by atoms with Crippen molar-refractivity contribution in [3.63, 3.8) is 0 Å². The number of nitriles is 1. The van der Waals surface area contributed by atoms with Crippen LogP contribution in [0.25, 0.3) is 0 Å². The third-order valence-electron chi connectivity index (χ3n) is 1.79. The van der Waals surface area contributed by atoms with Crippen LogP contribution in [-0.2, 0) is 4.79 Å². The van der Waals surface area contributed by atoms with E-state index in [1.165, 1.54) is 18.2 Å². The van der Waals surface area contributed by atoms with Crippen molar-refractivity contribution in [2.24, 2.45) is 5.73 Å².